The zero-order valence-electron chi connectivity index (χ0n) is 8.97. The number of hydrogen-bond acceptors (Lipinski definition) is 3. The smallest absolute Gasteiger partial charge is 0.326 e. The minimum absolute atomic E-state index is 0.244. The third kappa shape index (κ3) is 2.24. The topological polar surface area (TPSA) is 70.5 Å². The lowest BCUT2D eigenvalue weighted by atomic mass is 10.2. The molecule has 17 heavy (non-hydrogen) atoms. The predicted molar refractivity (Wildman–Crippen MR) is 60.9 cm³/mol. The molecule has 0 bridgehead atoms. The highest BCUT2D eigenvalue weighted by Crippen LogP contribution is 2.23. The van der Waals surface area contributed by atoms with E-state index in [1.807, 2.05) is 0 Å². The van der Waals surface area contributed by atoms with E-state index < -0.39 is 12.0 Å². The molecule has 2 heterocycles. The summed E-state index contributed by atoms with van der Waals surface area (Å²) in [6.07, 6.45) is 4.03. The highest BCUT2D eigenvalue weighted by Gasteiger charge is 2.34. The van der Waals surface area contributed by atoms with Gasteiger partial charge in [-0.25, -0.2) is 4.79 Å². The summed E-state index contributed by atoms with van der Waals surface area (Å²) < 4.78 is 0. The predicted octanol–water partition coefficient (Wildman–Crippen LogP) is 1.42. The third-order valence-corrected chi connectivity index (χ3v) is 3.10. The van der Waals surface area contributed by atoms with Gasteiger partial charge in [0.25, 0.3) is 5.91 Å². The van der Waals surface area contributed by atoms with Gasteiger partial charge in [-0.2, -0.15) is 0 Å². The SMILES string of the molecule is O=C(O)[C@H]1CCCN1C(=O)c1ccncc1Cl. The van der Waals surface area contributed by atoms with Crippen LogP contribution in [0.15, 0.2) is 18.5 Å². The fraction of sp³-hybridized carbons (Fsp3) is 0.364. The Morgan fingerprint density at radius 1 is 1.53 bits per heavy atom. The number of aliphatic carboxylic acids is 1. The summed E-state index contributed by atoms with van der Waals surface area (Å²) in [5, 5.41) is 9.25. The zero-order valence-corrected chi connectivity index (χ0v) is 9.72. The van der Waals surface area contributed by atoms with Crippen LogP contribution in [0, 0.1) is 0 Å². The van der Waals surface area contributed by atoms with Gasteiger partial charge in [0.05, 0.1) is 10.6 Å². The Hall–Kier alpha value is -1.62. The number of nitrogens with zero attached hydrogens (tertiary/aromatic N) is 2. The van der Waals surface area contributed by atoms with E-state index >= 15 is 0 Å². The monoisotopic (exact) mass is 254 g/mol. The van der Waals surface area contributed by atoms with E-state index in [1.165, 1.54) is 23.4 Å². The molecule has 0 spiro atoms. The fourth-order valence-corrected chi connectivity index (χ4v) is 2.17. The second-order valence-corrected chi connectivity index (χ2v) is 4.26. The molecule has 0 aromatic carbocycles. The average molecular weight is 255 g/mol. The summed E-state index contributed by atoms with van der Waals surface area (Å²) in [6, 6.07) is 0.758. The number of carboxylic acid groups (broad SMARTS) is 1. The van der Waals surface area contributed by atoms with Crippen molar-refractivity contribution in [3.63, 3.8) is 0 Å². The first-order valence-corrected chi connectivity index (χ1v) is 5.62. The minimum atomic E-state index is -0.971. The van der Waals surface area contributed by atoms with E-state index in [0.29, 0.717) is 24.9 Å². The molecule has 1 N–H and O–H groups in total. The Morgan fingerprint density at radius 3 is 2.94 bits per heavy atom. The molecule has 1 aromatic heterocycles. The average Bonchev–Trinajstić information content (AvgIpc) is 2.77. The van der Waals surface area contributed by atoms with Gasteiger partial charge in [-0.05, 0) is 18.9 Å². The van der Waals surface area contributed by atoms with Crippen LogP contribution < -0.4 is 0 Å². The van der Waals surface area contributed by atoms with E-state index in [9.17, 15) is 9.59 Å². The largest absolute Gasteiger partial charge is 0.480 e. The number of amides is 1. The Bertz CT molecular complexity index is 464. The Morgan fingerprint density at radius 2 is 2.29 bits per heavy atom. The van der Waals surface area contributed by atoms with Crippen LogP contribution in [0.4, 0.5) is 0 Å². The van der Waals surface area contributed by atoms with Crippen LogP contribution in [0.25, 0.3) is 0 Å². The molecule has 0 aliphatic carbocycles. The molecule has 1 atom stereocenters. The van der Waals surface area contributed by atoms with Crippen LogP contribution in [-0.4, -0.2) is 39.5 Å². The van der Waals surface area contributed by atoms with Gasteiger partial charge in [0.1, 0.15) is 6.04 Å². The quantitative estimate of drug-likeness (QED) is 0.867. The number of likely N-dealkylation sites (tertiary alicyclic amines) is 1. The number of carbonyl (C=O) groups excluding carboxylic acids is 1. The molecule has 0 unspecified atom stereocenters. The van der Waals surface area contributed by atoms with Gasteiger partial charge >= 0.3 is 5.97 Å². The second-order valence-electron chi connectivity index (χ2n) is 3.85. The number of halogens is 1. The first-order valence-electron chi connectivity index (χ1n) is 5.24. The molecule has 1 saturated heterocycles. The van der Waals surface area contributed by atoms with Gasteiger partial charge in [0.2, 0.25) is 0 Å². The maximum absolute atomic E-state index is 12.1. The third-order valence-electron chi connectivity index (χ3n) is 2.80. The van der Waals surface area contributed by atoms with Crippen LogP contribution in [0.1, 0.15) is 23.2 Å². The highest BCUT2D eigenvalue weighted by molar-refractivity contribution is 6.33. The van der Waals surface area contributed by atoms with Gasteiger partial charge < -0.3 is 10.0 Å². The molecule has 90 valence electrons. The maximum Gasteiger partial charge on any atom is 0.326 e. The molecule has 1 aromatic rings. The summed E-state index contributed by atoms with van der Waals surface area (Å²) in [4.78, 5) is 28.3. The molecule has 0 saturated carbocycles. The van der Waals surface area contributed by atoms with Crippen molar-refractivity contribution in [2.75, 3.05) is 6.54 Å². The van der Waals surface area contributed by atoms with Crippen LogP contribution in [0.3, 0.4) is 0 Å². The number of pyridine rings is 1. The summed E-state index contributed by atoms with van der Waals surface area (Å²) in [5.74, 6) is -1.32. The summed E-state index contributed by atoms with van der Waals surface area (Å²) in [7, 11) is 0. The number of carbonyl (C=O) groups is 2. The maximum atomic E-state index is 12.1. The molecule has 0 radical (unpaired) electrons. The standard InChI is InChI=1S/C11H11ClN2O3/c12-8-6-13-4-3-7(8)10(15)14-5-1-2-9(14)11(16)17/h3-4,6,9H,1-2,5H2,(H,16,17)/t9-/m1/s1. The van der Waals surface area contributed by atoms with E-state index in [2.05, 4.69) is 4.98 Å². The Labute approximate surface area is 103 Å². The van der Waals surface area contributed by atoms with Gasteiger partial charge in [0, 0.05) is 18.9 Å². The molecular weight excluding hydrogens is 244 g/mol. The van der Waals surface area contributed by atoms with Gasteiger partial charge in [-0.1, -0.05) is 11.6 Å². The number of hydrogen-bond donors (Lipinski definition) is 1. The minimum Gasteiger partial charge on any atom is -0.480 e. The number of rotatable bonds is 2. The zero-order chi connectivity index (χ0) is 12.4. The van der Waals surface area contributed by atoms with Crippen LogP contribution in [-0.2, 0) is 4.79 Å². The normalized spacial score (nSPS) is 19.4. The first-order chi connectivity index (χ1) is 8.11. The van der Waals surface area contributed by atoms with Gasteiger partial charge in [-0.15, -0.1) is 0 Å². The van der Waals surface area contributed by atoms with Crippen molar-refractivity contribution in [3.8, 4) is 0 Å². The second kappa shape index (κ2) is 4.71. The molecule has 1 aliphatic rings. The summed E-state index contributed by atoms with van der Waals surface area (Å²) >= 11 is 5.87. The molecule has 1 aliphatic heterocycles. The number of carboxylic acids is 1. The van der Waals surface area contributed by atoms with Crippen molar-refractivity contribution >= 4 is 23.5 Å². The lowest BCUT2D eigenvalue weighted by Crippen LogP contribution is -2.40. The molecular formula is C11H11ClN2O3. The summed E-state index contributed by atoms with van der Waals surface area (Å²) in [5.41, 5.74) is 0.301. The van der Waals surface area contributed by atoms with Gasteiger partial charge in [-0.3, -0.25) is 9.78 Å². The van der Waals surface area contributed by atoms with E-state index in [4.69, 9.17) is 16.7 Å². The first kappa shape index (κ1) is 11.9. The molecule has 1 amide bonds. The van der Waals surface area contributed by atoms with E-state index in [-0.39, 0.29) is 10.9 Å². The van der Waals surface area contributed by atoms with Crippen molar-refractivity contribution in [1.29, 1.82) is 0 Å². The Balaban J connectivity index is 2.26. The van der Waals surface area contributed by atoms with Crippen molar-refractivity contribution in [2.45, 2.75) is 18.9 Å². The lowest BCUT2D eigenvalue weighted by molar-refractivity contribution is -0.141. The molecule has 2 rings (SSSR count). The van der Waals surface area contributed by atoms with Crippen LogP contribution in [0.2, 0.25) is 5.02 Å². The van der Waals surface area contributed by atoms with Crippen molar-refractivity contribution in [1.82, 2.24) is 9.88 Å². The fourth-order valence-electron chi connectivity index (χ4n) is 1.97. The lowest BCUT2D eigenvalue weighted by Gasteiger charge is -2.21. The Kier molecular flexibility index (Phi) is 3.28. The molecule has 5 nitrogen and oxygen atoms in total. The van der Waals surface area contributed by atoms with Crippen LogP contribution >= 0.6 is 11.6 Å². The van der Waals surface area contributed by atoms with E-state index in [1.54, 1.807) is 0 Å². The van der Waals surface area contributed by atoms with Crippen molar-refractivity contribution < 1.29 is 14.7 Å². The molecule has 6 heteroatoms. The summed E-state index contributed by atoms with van der Waals surface area (Å²) in [6.45, 7) is 0.453. The number of aromatic nitrogens is 1. The van der Waals surface area contributed by atoms with Crippen molar-refractivity contribution in [3.05, 3.63) is 29.0 Å². The van der Waals surface area contributed by atoms with Crippen LogP contribution in [0.5, 0.6) is 0 Å². The van der Waals surface area contributed by atoms with E-state index in [0.717, 1.165) is 0 Å². The van der Waals surface area contributed by atoms with Crippen molar-refractivity contribution in [2.24, 2.45) is 0 Å². The van der Waals surface area contributed by atoms with Gasteiger partial charge in [0.15, 0.2) is 0 Å². The molecule has 1 fully saturated rings. The highest BCUT2D eigenvalue weighted by atomic mass is 35.5.